The summed E-state index contributed by atoms with van der Waals surface area (Å²) in [6.07, 6.45) is 6.61. The van der Waals surface area contributed by atoms with Crippen molar-refractivity contribution in [2.45, 2.75) is 19.3 Å². The molecule has 1 atom stereocenters. The fourth-order valence-electron chi connectivity index (χ4n) is 3.42. The van der Waals surface area contributed by atoms with Crippen LogP contribution in [0.5, 0.6) is 0 Å². The summed E-state index contributed by atoms with van der Waals surface area (Å²) in [4.78, 5) is 21.0. The summed E-state index contributed by atoms with van der Waals surface area (Å²) in [6.45, 7) is 4.36. The van der Waals surface area contributed by atoms with E-state index in [1.807, 2.05) is 29.4 Å². The number of anilines is 1. The van der Waals surface area contributed by atoms with Gasteiger partial charge in [-0.1, -0.05) is 0 Å². The number of carbonyl (C=O) groups excluding carboxylic acids is 1. The normalized spacial score (nSPS) is 23.6. The van der Waals surface area contributed by atoms with Crippen LogP contribution in [0.15, 0.2) is 24.5 Å². The van der Waals surface area contributed by atoms with Crippen LogP contribution in [0.3, 0.4) is 0 Å². The minimum atomic E-state index is 0.194. The fraction of sp³-hybridized carbons (Fsp3) is 0.625. The van der Waals surface area contributed by atoms with E-state index in [1.165, 1.54) is 5.69 Å². The number of rotatable bonds is 3. The van der Waals surface area contributed by atoms with Gasteiger partial charge in [-0.05, 0) is 43.9 Å². The van der Waals surface area contributed by atoms with Crippen LogP contribution in [0.2, 0.25) is 0 Å². The van der Waals surface area contributed by atoms with Crippen LogP contribution in [-0.2, 0) is 4.79 Å². The van der Waals surface area contributed by atoms with Crippen LogP contribution < -0.4 is 10.6 Å². The Labute approximate surface area is 126 Å². The molecule has 0 saturated carbocycles. The van der Waals surface area contributed by atoms with E-state index in [-0.39, 0.29) is 5.92 Å². The number of pyridine rings is 1. The number of nitrogens with zero attached hydrogens (tertiary/aromatic N) is 3. The maximum absolute atomic E-state index is 12.6. The van der Waals surface area contributed by atoms with Gasteiger partial charge in [-0.15, -0.1) is 0 Å². The van der Waals surface area contributed by atoms with Crippen molar-refractivity contribution in [2.24, 2.45) is 17.6 Å². The average Bonchev–Trinajstić information content (AvgIpc) is 3.04. The highest BCUT2D eigenvalue weighted by atomic mass is 16.2. The highest BCUT2D eigenvalue weighted by molar-refractivity contribution is 5.79. The van der Waals surface area contributed by atoms with E-state index in [0.717, 1.165) is 45.4 Å². The molecule has 114 valence electrons. The first kappa shape index (κ1) is 14.3. The lowest BCUT2D eigenvalue weighted by molar-refractivity contribution is -0.135. The third-order valence-corrected chi connectivity index (χ3v) is 4.80. The zero-order valence-corrected chi connectivity index (χ0v) is 12.4. The van der Waals surface area contributed by atoms with Gasteiger partial charge >= 0.3 is 0 Å². The number of likely N-dealkylation sites (tertiary alicyclic amines) is 1. The molecule has 0 spiro atoms. The third kappa shape index (κ3) is 3.18. The molecule has 1 aromatic heterocycles. The van der Waals surface area contributed by atoms with E-state index >= 15 is 0 Å². The minimum absolute atomic E-state index is 0.194. The Morgan fingerprint density at radius 1 is 1.19 bits per heavy atom. The first-order chi connectivity index (χ1) is 10.3. The number of piperidine rings is 1. The molecule has 0 aromatic carbocycles. The van der Waals surface area contributed by atoms with Crippen LogP contribution in [0.1, 0.15) is 19.3 Å². The molecule has 5 nitrogen and oxygen atoms in total. The van der Waals surface area contributed by atoms with Gasteiger partial charge in [0.1, 0.15) is 0 Å². The highest BCUT2D eigenvalue weighted by Crippen LogP contribution is 2.26. The molecular weight excluding hydrogens is 264 g/mol. The summed E-state index contributed by atoms with van der Waals surface area (Å²) < 4.78 is 0. The lowest BCUT2D eigenvalue weighted by atomic mass is 9.95. The van der Waals surface area contributed by atoms with Gasteiger partial charge < -0.3 is 15.5 Å². The van der Waals surface area contributed by atoms with Crippen LogP contribution in [0.4, 0.5) is 5.69 Å². The Bertz CT molecular complexity index is 470. The number of hydrogen-bond donors (Lipinski definition) is 1. The number of aromatic nitrogens is 1. The molecular formula is C16H24N4O. The van der Waals surface area contributed by atoms with Crippen molar-refractivity contribution < 1.29 is 4.79 Å². The summed E-state index contributed by atoms with van der Waals surface area (Å²) in [5.41, 5.74) is 6.92. The lowest BCUT2D eigenvalue weighted by Gasteiger charge is -2.34. The average molecular weight is 288 g/mol. The predicted molar refractivity (Wildman–Crippen MR) is 82.9 cm³/mol. The summed E-state index contributed by atoms with van der Waals surface area (Å²) in [7, 11) is 0. The number of carbonyl (C=O) groups is 1. The Morgan fingerprint density at radius 3 is 2.52 bits per heavy atom. The molecule has 1 aromatic rings. The van der Waals surface area contributed by atoms with Crippen molar-refractivity contribution in [3.8, 4) is 0 Å². The second-order valence-corrected chi connectivity index (χ2v) is 6.14. The maximum Gasteiger partial charge on any atom is 0.225 e. The molecule has 3 rings (SSSR count). The lowest BCUT2D eigenvalue weighted by Crippen LogP contribution is -2.42. The molecule has 1 amide bonds. The van der Waals surface area contributed by atoms with Gasteiger partial charge in [-0.3, -0.25) is 9.78 Å². The van der Waals surface area contributed by atoms with Gasteiger partial charge in [0, 0.05) is 50.2 Å². The van der Waals surface area contributed by atoms with Crippen molar-refractivity contribution in [3.05, 3.63) is 24.5 Å². The molecule has 2 fully saturated rings. The van der Waals surface area contributed by atoms with Crippen LogP contribution >= 0.6 is 0 Å². The SMILES string of the molecule is NCC1CCN(C(=O)C2CCN(c3ccncc3)CC2)C1. The van der Waals surface area contributed by atoms with Crippen molar-refractivity contribution in [2.75, 3.05) is 37.6 Å². The molecule has 2 saturated heterocycles. The van der Waals surface area contributed by atoms with Crippen molar-refractivity contribution in [1.29, 1.82) is 0 Å². The Hall–Kier alpha value is -1.62. The molecule has 3 heterocycles. The summed E-state index contributed by atoms with van der Waals surface area (Å²) in [6, 6.07) is 4.07. The van der Waals surface area contributed by atoms with E-state index in [1.54, 1.807) is 0 Å². The minimum Gasteiger partial charge on any atom is -0.371 e. The molecule has 21 heavy (non-hydrogen) atoms. The zero-order chi connectivity index (χ0) is 14.7. The largest absolute Gasteiger partial charge is 0.371 e. The quantitative estimate of drug-likeness (QED) is 0.905. The molecule has 0 bridgehead atoms. The van der Waals surface area contributed by atoms with E-state index in [9.17, 15) is 4.79 Å². The molecule has 2 aliphatic rings. The van der Waals surface area contributed by atoms with Crippen molar-refractivity contribution in [1.82, 2.24) is 9.88 Å². The fourth-order valence-corrected chi connectivity index (χ4v) is 3.42. The van der Waals surface area contributed by atoms with Gasteiger partial charge in [0.25, 0.3) is 0 Å². The molecule has 0 aliphatic carbocycles. The smallest absolute Gasteiger partial charge is 0.225 e. The Morgan fingerprint density at radius 2 is 1.90 bits per heavy atom. The second-order valence-electron chi connectivity index (χ2n) is 6.14. The second kappa shape index (κ2) is 6.43. The summed E-state index contributed by atoms with van der Waals surface area (Å²) in [5, 5.41) is 0. The Kier molecular flexibility index (Phi) is 4.39. The number of nitrogens with two attached hydrogens (primary N) is 1. The topological polar surface area (TPSA) is 62.5 Å². The van der Waals surface area contributed by atoms with Crippen LogP contribution in [0, 0.1) is 11.8 Å². The van der Waals surface area contributed by atoms with E-state index < -0.39 is 0 Å². The zero-order valence-electron chi connectivity index (χ0n) is 12.4. The van der Waals surface area contributed by atoms with Gasteiger partial charge in [0.15, 0.2) is 0 Å². The Balaban J connectivity index is 1.53. The number of amides is 1. The van der Waals surface area contributed by atoms with Crippen molar-refractivity contribution in [3.63, 3.8) is 0 Å². The molecule has 0 radical (unpaired) electrons. The third-order valence-electron chi connectivity index (χ3n) is 4.80. The standard InChI is InChI=1S/C16H24N4O/c17-11-13-3-8-20(12-13)16(21)14-4-9-19(10-5-14)15-1-6-18-7-2-15/h1-2,6-7,13-14H,3-5,8-12,17H2. The molecule has 2 N–H and O–H groups in total. The van der Waals surface area contributed by atoms with E-state index in [2.05, 4.69) is 9.88 Å². The van der Waals surface area contributed by atoms with Crippen LogP contribution in [0.25, 0.3) is 0 Å². The van der Waals surface area contributed by atoms with Gasteiger partial charge in [-0.25, -0.2) is 0 Å². The van der Waals surface area contributed by atoms with E-state index in [4.69, 9.17) is 5.73 Å². The number of hydrogen-bond acceptors (Lipinski definition) is 4. The summed E-state index contributed by atoms with van der Waals surface area (Å²) in [5.74, 6) is 1.05. The highest BCUT2D eigenvalue weighted by Gasteiger charge is 2.32. The van der Waals surface area contributed by atoms with Gasteiger partial charge in [0.2, 0.25) is 5.91 Å². The van der Waals surface area contributed by atoms with Gasteiger partial charge in [0.05, 0.1) is 0 Å². The first-order valence-corrected chi connectivity index (χ1v) is 7.91. The first-order valence-electron chi connectivity index (χ1n) is 7.91. The summed E-state index contributed by atoms with van der Waals surface area (Å²) >= 11 is 0. The maximum atomic E-state index is 12.6. The van der Waals surface area contributed by atoms with E-state index in [0.29, 0.717) is 18.4 Å². The molecule has 2 aliphatic heterocycles. The monoisotopic (exact) mass is 288 g/mol. The molecule has 5 heteroatoms. The predicted octanol–water partition coefficient (Wildman–Crippen LogP) is 1.11. The van der Waals surface area contributed by atoms with Crippen LogP contribution in [-0.4, -0.2) is 48.5 Å². The van der Waals surface area contributed by atoms with Crippen molar-refractivity contribution >= 4 is 11.6 Å². The molecule has 1 unspecified atom stereocenters. The van der Waals surface area contributed by atoms with Gasteiger partial charge in [-0.2, -0.15) is 0 Å².